The molecule has 0 aliphatic rings. The summed E-state index contributed by atoms with van der Waals surface area (Å²) in [6.07, 6.45) is 0. The van der Waals surface area contributed by atoms with E-state index in [2.05, 4.69) is 5.32 Å². The number of carboxylic acids is 1. The molecule has 0 aliphatic heterocycles. The molecule has 124 valence electrons. The third-order valence-corrected chi connectivity index (χ3v) is 3.51. The number of benzene rings is 2. The van der Waals surface area contributed by atoms with E-state index in [1.165, 1.54) is 0 Å². The molecule has 0 saturated carbocycles. The minimum atomic E-state index is -1.49. The maximum absolute atomic E-state index is 11.2. The van der Waals surface area contributed by atoms with Crippen molar-refractivity contribution in [1.29, 1.82) is 0 Å². The number of nitrogens with zero attached hydrogens (tertiary/aromatic N) is 2. The maximum atomic E-state index is 11.2. The number of aryl methyl sites for hydroxylation is 2. The topological polar surface area (TPSA) is 136 Å². The van der Waals surface area contributed by atoms with Gasteiger partial charge in [0.2, 0.25) is 0 Å². The highest BCUT2D eigenvalue weighted by Crippen LogP contribution is 2.38. The molecular formula is C15H13N3O6. The molecule has 0 atom stereocenters. The predicted octanol–water partition coefficient (Wildman–Crippen LogP) is 3.56. The molecule has 0 spiro atoms. The van der Waals surface area contributed by atoms with Gasteiger partial charge in [0.15, 0.2) is 5.69 Å². The average Bonchev–Trinajstić information content (AvgIpc) is 2.50. The van der Waals surface area contributed by atoms with Gasteiger partial charge in [0.25, 0.3) is 0 Å². The number of carboxylic acid groups (broad SMARTS) is 1. The number of aromatic carboxylic acids is 1. The van der Waals surface area contributed by atoms with Gasteiger partial charge in [0.05, 0.1) is 15.4 Å². The highest BCUT2D eigenvalue weighted by atomic mass is 16.6. The summed E-state index contributed by atoms with van der Waals surface area (Å²) in [5.41, 5.74) is 0.0579. The molecule has 9 nitrogen and oxygen atoms in total. The lowest BCUT2D eigenvalue weighted by Crippen LogP contribution is -2.06. The van der Waals surface area contributed by atoms with Gasteiger partial charge in [-0.2, -0.15) is 0 Å². The SMILES string of the molecule is Cc1ccc(Nc2c([N+](=O)[O-])cc(C(=O)O)cc2[N+](=O)[O-])cc1C. The quantitative estimate of drug-likeness (QED) is 0.631. The van der Waals surface area contributed by atoms with Crippen LogP contribution in [0.1, 0.15) is 21.5 Å². The fourth-order valence-corrected chi connectivity index (χ4v) is 2.11. The third-order valence-electron chi connectivity index (χ3n) is 3.51. The summed E-state index contributed by atoms with van der Waals surface area (Å²) in [5.74, 6) is -1.49. The Balaban J connectivity index is 2.65. The zero-order valence-corrected chi connectivity index (χ0v) is 12.8. The van der Waals surface area contributed by atoms with Crippen molar-refractivity contribution in [1.82, 2.24) is 0 Å². The number of nitro groups is 2. The van der Waals surface area contributed by atoms with Crippen LogP contribution < -0.4 is 5.32 Å². The van der Waals surface area contributed by atoms with E-state index in [1.807, 2.05) is 13.8 Å². The molecule has 9 heteroatoms. The fraction of sp³-hybridized carbons (Fsp3) is 0.133. The zero-order chi connectivity index (χ0) is 18.0. The highest BCUT2D eigenvalue weighted by molar-refractivity contribution is 5.93. The van der Waals surface area contributed by atoms with E-state index in [9.17, 15) is 25.0 Å². The maximum Gasteiger partial charge on any atom is 0.336 e. The van der Waals surface area contributed by atoms with Gasteiger partial charge in [-0.25, -0.2) is 4.79 Å². The van der Waals surface area contributed by atoms with Gasteiger partial charge >= 0.3 is 17.3 Å². The fourth-order valence-electron chi connectivity index (χ4n) is 2.11. The van der Waals surface area contributed by atoms with E-state index >= 15 is 0 Å². The molecule has 0 aliphatic carbocycles. The molecule has 0 aromatic heterocycles. The molecule has 24 heavy (non-hydrogen) atoms. The van der Waals surface area contributed by atoms with E-state index in [0.717, 1.165) is 23.3 Å². The Morgan fingerprint density at radius 2 is 1.54 bits per heavy atom. The molecule has 0 unspecified atom stereocenters. The lowest BCUT2D eigenvalue weighted by atomic mass is 10.1. The summed E-state index contributed by atoms with van der Waals surface area (Å²) >= 11 is 0. The Morgan fingerprint density at radius 1 is 1.00 bits per heavy atom. The van der Waals surface area contributed by atoms with E-state index in [-0.39, 0.29) is 5.69 Å². The number of nitro benzene ring substituents is 2. The first-order chi connectivity index (χ1) is 11.2. The monoisotopic (exact) mass is 331 g/mol. The number of nitrogens with one attached hydrogen (secondary N) is 1. The second kappa shape index (κ2) is 6.32. The molecule has 2 aromatic carbocycles. The summed E-state index contributed by atoms with van der Waals surface area (Å²) < 4.78 is 0. The van der Waals surface area contributed by atoms with Gasteiger partial charge in [-0.3, -0.25) is 20.2 Å². The van der Waals surface area contributed by atoms with Crippen LogP contribution in [0, 0.1) is 34.1 Å². The number of carbonyl (C=O) groups is 1. The van der Waals surface area contributed by atoms with Crippen molar-refractivity contribution in [3.63, 3.8) is 0 Å². The van der Waals surface area contributed by atoms with Crippen LogP contribution in [0.25, 0.3) is 0 Å². The minimum absolute atomic E-state index is 0.363. The van der Waals surface area contributed by atoms with Crippen molar-refractivity contribution < 1.29 is 19.7 Å². The summed E-state index contributed by atoms with van der Waals surface area (Å²) in [7, 11) is 0. The van der Waals surface area contributed by atoms with Crippen molar-refractivity contribution in [2.24, 2.45) is 0 Å². The average molecular weight is 331 g/mol. The first-order valence-corrected chi connectivity index (χ1v) is 6.75. The van der Waals surface area contributed by atoms with Crippen LogP contribution in [0.5, 0.6) is 0 Å². The number of hydrogen-bond acceptors (Lipinski definition) is 6. The van der Waals surface area contributed by atoms with Gasteiger partial charge in [0, 0.05) is 17.8 Å². The molecule has 2 aromatic rings. The Kier molecular flexibility index (Phi) is 4.45. The molecule has 0 fully saturated rings. The van der Waals surface area contributed by atoms with E-state index in [4.69, 9.17) is 5.11 Å². The summed E-state index contributed by atoms with van der Waals surface area (Å²) in [6.45, 7) is 3.71. The summed E-state index contributed by atoms with van der Waals surface area (Å²) in [6, 6.07) is 6.66. The Labute approximate surface area is 135 Å². The van der Waals surface area contributed by atoms with Gasteiger partial charge in [-0.1, -0.05) is 6.07 Å². The summed E-state index contributed by atoms with van der Waals surface area (Å²) in [5, 5.41) is 34.1. The second-order valence-corrected chi connectivity index (χ2v) is 5.13. The largest absolute Gasteiger partial charge is 0.478 e. The van der Waals surface area contributed by atoms with Crippen molar-refractivity contribution in [2.75, 3.05) is 5.32 Å². The molecule has 0 amide bonds. The van der Waals surface area contributed by atoms with Crippen molar-refractivity contribution >= 4 is 28.7 Å². The van der Waals surface area contributed by atoms with Gasteiger partial charge in [-0.05, 0) is 37.1 Å². The van der Waals surface area contributed by atoms with Crippen LogP contribution in [0.2, 0.25) is 0 Å². The lowest BCUT2D eigenvalue weighted by Gasteiger charge is -2.10. The number of hydrogen-bond donors (Lipinski definition) is 2. The molecule has 2 N–H and O–H groups in total. The van der Waals surface area contributed by atoms with Gasteiger partial charge in [0.1, 0.15) is 0 Å². The molecule has 2 rings (SSSR count). The number of anilines is 2. The predicted molar refractivity (Wildman–Crippen MR) is 85.9 cm³/mol. The molecule has 0 radical (unpaired) electrons. The van der Waals surface area contributed by atoms with Crippen LogP contribution in [-0.4, -0.2) is 20.9 Å². The van der Waals surface area contributed by atoms with Gasteiger partial charge in [-0.15, -0.1) is 0 Å². The first kappa shape index (κ1) is 16.9. The first-order valence-electron chi connectivity index (χ1n) is 6.75. The van der Waals surface area contributed by atoms with E-state index < -0.39 is 32.8 Å². The van der Waals surface area contributed by atoms with Gasteiger partial charge < -0.3 is 10.4 Å². The molecule has 0 bridgehead atoms. The van der Waals surface area contributed by atoms with Crippen LogP contribution in [-0.2, 0) is 0 Å². The second-order valence-electron chi connectivity index (χ2n) is 5.13. The Hall–Kier alpha value is -3.49. The van der Waals surface area contributed by atoms with Crippen molar-refractivity contribution in [3.05, 3.63) is 67.3 Å². The van der Waals surface area contributed by atoms with Crippen molar-refractivity contribution in [3.8, 4) is 0 Å². The van der Waals surface area contributed by atoms with Crippen LogP contribution in [0.3, 0.4) is 0 Å². The van der Waals surface area contributed by atoms with Crippen LogP contribution in [0.4, 0.5) is 22.7 Å². The minimum Gasteiger partial charge on any atom is -0.478 e. The smallest absolute Gasteiger partial charge is 0.336 e. The standard InChI is InChI=1S/C15H13N3O6/c1-8-3-4-11(5-9(8)2)16-14-12(17(21)22)6-10(15(19)20)7-13(14)18(23)24/h3-7,16H,1-2H3,(H,19,20). The number of rotatable bonds is 5. The van der Waals surface area contributed by atoms with E-state index in [0.29, 0.717) is 5.69 Å². The third kappa shape index (κ3) is 3.29. The van der Waals surface area contributed by atoms with Crippen LogP contribution in [0.15, 0.2) is 30.3 Å². The Morgan fingerprint density at radius 3 is 1.96 bits per heavy atom. The molecule has 0 saturated heterocycles. The normalized spacial score (nSPS) is 10.2. The molecule has 0 heterocycles. The van der Waals surface area contributed by atoms with E-state index in [1.54, 1.807) is 18.2 Å². The zero-order valence-electron chi connectivity index (χ0n) is 12.8. The highest BCUT2D eigenvalue weighted by Gasteiger charge is 2.28. The molecular weight excluding hydrogens is 318 g/mol. The Bertz CT molecular complexity index is 827. The lowest BCUT2D eigenvalue weighted by molar-refractivity contribution is -0.392. The van der Waals surface area contributed by atoms with Crippen LogP contribution >= 0.6 is 0 Å². The summed E-state index contributed by atoms with van der Waals surface area (Å²) in [4.78, 5) is 31.8. The van der Waals surface area contributed by atoms with Crippen molar-refractivity contribution in [2.45, 2.75) is 13.8 Å².